The van der Waals surface area contributed by atoms with E-state index in [0.717, 1.165) is 25.6 Å². The molecule has 0 fully saturated rings. The second-order valence-electron chi connectivity index (χ2n) is 4.32. The molecule has 86 valence electrons. The molecule has 2 heteroatoms. The Labute approximate surface area is 94.0 Å². The van der Waals surface area contributed by atoms with E-state index in [9.17, 15) is 0 Å². The smallest absolute Gasteiger partial charge is 0.0320 e. The lowest BCUT2D eigenvalue weighted by Crippen LogP contribution is -2.28. The summed E-state index contributed by atoms with van der Waals surface area (Å²) in [4.78, 5) is 2.33. The Balaban J connectivity index is 2.40. The molecule has 0 aliphatic heterocycles. The lowest BCUT2D eigenvalue weighted by atomic mass is 10.1. The van der Waals surface area contributed by atoms with Crippen molar-refractivity contribution in [2.75, 3.05) is 26.7 Å². The zero-order valence-corrected chi connectivity index (χ0v) is 10.3. The molecular weight excluding hydrogens is 184 g/mol. The summed E-state index contributed by atoms with van der Waals surface area (Å²) in [6.45, 7) is 7.63. The number of nitrogens with zero attached hydrogens (tertiary/aromatic N) is 1. The van der Waals surface area contributed by atoms with E-state index in [1.54, 1.807) is 0 Å². The van der Waals surface area contributed by atoms with Crippen LogP contribution in [-0.2, 0) is 0 Å². The van der Waals surface area contributed by atoms with Crippen molar-refractivity contribution in [3.05, 3.63) is 23.9 Å². The standard InChI is InChI=1S/C13H24N2/c1-4-14-10-11-15(3)13-7-5-6-12(2)8-9-13/h7-9,12,14H,4-6,10-11H2,1-3H3. The van der Waals surface area contributed by atoms with Gasteiger partial charge in [-0.25, -0.2) is 0 Å². The molecule has 0 aromatic carbocycles. The van der Waals surface area contributed by atoms with E-state index in [2.05, 4.69) is 49.3 Å². The first-order valence-corrected chi connectivity index (χ1v) is 6.04. The molecule has 1 atom stereocenters. The predicted molar refractivity (Wildman–Crippen MR) is 66.8 cm³/mol. The van der Waals surface area contributed by atoms with Crippen LogP contribution in [0.15, 0.2) is 23.9 Å². The monoisotopic (exact) mass is 208 g/mol. The molecule has 1 rings (SSSR count). The lowest BCUT2D eigenvalue weighted by molar-refractivity contribution is 0.421. The maximum absolute atomic E-state index is 3.35. The highest BCUT2D eigenvalue weighted by Gasteiger charge is 2.05. The lowest BCUT2D eigenvalue weighted by Gasteiger charge is -2.20. The van der Waals surface area contributed by atoms with Crippen LogP contribution in [0.2, 0.25) is 0 Å². The zero-order valence-electron chi connectivity index (χ0n) is 10.3. The third-order valence-electron chi connectivity index (χ3n) is 2.89. The molecule has 0 saturated carbocycles. The van der Waals surface area contributed by atoms with Crippen molar-refractivity contribution in [1.29, 1.82) is 0 Å². The highest BCUT2D eigenvalue weighted by Crippen LogP contribution is 2.17. The van der Waals surface area contributed by atoms with Crippen LogP contribution in [0.4, 0.5) is 0 Å². The van der Waals surface area contributed by atoms with Gasteiger partial charge in [0.1, 0.15) is 0 Å². The molecule has 0 bridgehead atoms. The summed E-state index contributed by atoms with van der Waals surface area (Å²) in [7, 11) is 2.17. The van der Waals surface area contributed by atoms with Crippen molar-refractivity contribution in [3.63, 3.8) is 0 Å². The van der Waals surface area contributed by atoms with Gasteiger partial charge in [-0.1, -0.05) is 26.0 Å². The maximum atomic E-state index is 3.35. The van der Waals surface area contributed by atoms with Gasteiger partial charge in [0.15, 0.2) is 0 Å². The first-order valence-electron chi connectivity index (χ1n) is 6.04. The van der Waals surface area contributed by atoms with Crippen molar-refractivity contribution < 1.29 is 0 Å². The highest BCUT2D eigenvalue weighted by molar-refractivity contribution is 5.19. The SMILES string of the molecule is CCNCCN(C)C1=CCCC(C)C=C1. The number of nitrogens with one attached hydrogen (secondary N) is 1. The number of allylic oxidation sites excluding steroid dienone is 3. The molecule has 0 heterocycles. The minimum absolute atomic E-state index is 0.723. The molecule has 0 radical (unpaired) electrons. The molecule has 1 unspecified atom stereocenters. The largest absolute Gasteiger partial charge is 0.374 e. The maximum Gasteiger partial charge on any atom is 0.0320 e. The van der Waals surface area contributed by atoms with Gasteiger partial charge in [-0.2, -0.15) is 0 Å². The van der Waals surface area contributed by atoms with Crippen molar-refractivity contribution in [3.8, 4) is 0 Å². The number of hydrogen-bond acceptors (Lipinski definition) is 2. The summed E-state index contributed by atoms with van der Waals surface area (Å²) in [5, 5.41) is 3.35. The zero-order chi connectivity index (χ0) is 11.1. The van der Waals surface area contributed by atoms with E-state index in [0.29, 0.717) is 0 Å². The summed E-state index contributed by atoms with van der Waals surface area (Å²) < 4.78 is 0. The van der Waals surface area contributed by atoms with Crippen LogP contribution >= 0.6 is 0 Å². The summed E-state index contributed by atoms with van der Waals surface area (Å²) in [6.07, 6.45) is 9.42. The summed E-state index contributed by atoms with van der Waals surface area (Å²) in [6, 6.07) is 0. The molecule has 2 nitrogen and oxygen atoms in total. The Hall–Kier alpha value is -0.760. The molecule has 0 amide bonds. The van der Waals surface area contributed by atoms with Crippen LogP contribution < -0.4 is 5.32 Å². The van der Waals surface area contributed by atoms with Gasteiger partial charge in [0.2, 0.25) is 0 Å². The molecule has 1 N–H and O–H groups in total. The van der Waals surface area contributed by atoms with Gasteiger partial charge in [-0.05, 0) is 31.4 Å². The summed E-state index contributed by atoms with van der Waals surface area (Å²) in [5.74, 6) is 0.723. The van der Waals surface area contributed by atoms with Gasteiger partial charge in [0, 0.05) is 25.8 Å². The van der Waals surface area contributed by atoms with Gasteiger partial charge in [0.05, 0.1) is 0 Å². The number of rotatable bonds is 5. The van der Waals surface area contributed by atoms with Crippen molar-refractivity contribution in [2.45, 2.75) is 26.7 Å². The minimum atomic E-state index is 0.723. The molecule has 0 aromatic heterocycles. The van der Waals surface area contributed by atoms with Crippen molar-refractivity contribution in [2.24, 2.45) is 5.92 Å². The van der Waals surface area contributed by atoms with E-state index in [4.69, 9.17) is 0 Å². The van der Waals surface area contributed by atoms with Gasteiger partial charge < -0.3 is 10.2 Å². The highest BCUT2D eigenvalue weighted by atomic mass is 15.1. The Morgan fingerprint density at radius 3 is 3.07 bits per heavy atom. The molecule has 1 aliphatic carbocycles. The third kappa shape index (κ3) is 4.52. The Morgan fingerprint density at radius 1 is 1.53 bits per heavy atom. The Kier molecular flexibility index (Phi) is 5.48. The van der Waals surface area contributed by atoms with Gasteiger partial charge >= 0.3 is 0 Å². The third-order valence-corrected chi connectivity index (χ3v) is 2.89. The second-order valence-corrected chi connectivity index (χ2v) is 4.32. The topological polar surface area (TPSA) is 15.3 Å². The fourth-order valence-corrected chi connectivity index (χ4v) is 1.76. The number of likely N-dealkylation sites (N-methyl/N-ethyl adjacent to an activating group) is 2. The molecule has 1 aliphatic rings. The van der Waals surface area contributed by atoms with Crippen molar-refractivity contribution >= 4 is 0 Å². The average Bonchev–Trinajstić information content (AvgIpc) is 2.43. The summed E-state index contributed by atoms with van der Waals surface area (Å²) >= 11 is 0. The molecular formula is C13H24N2. The van der Waals surface area contributed by atoms with Crippen LogP contribution in [0.1, 0.15) is 26.7 Å². The van der Waals surface area contributed by atoms with Crippen molar-refractivity contribution in [1.82, 2.24) is 10.2 Å². The van der Waals surface area contributed by atoms with Crippen LogP contribution in [-0.4, -0.2) is 31.6 Å². The quantitative estimate of drug-likeness (QED) is 0.698. The first kappa shape index (κ1) is 12.3. The molecule has 0 spiro atoms. The fraction of sp³-hybridized carbons (Fsp3) is 0.692. The predicted octanol–water partition coefficient (Wildman–Crippen LogP) is 2.40. The molecule has 0 saturated heterocycles. The molecule has 15 heavy (non-hydrogen) atoms. The normalized spacial score (nSPS) is 21.0. The number of hydrogen-bond donors (Lipinski definition) is 1. The minimum Gasteiger partial charge on any atom is -0.374 e. The Bertz CT molecular complexity index is 231. The second kappa shape index (κ2) is 6.67. The average molecular weight is 208 g/mol. The Morgan fingerprint density at radius 2 is 2.33 bits per heavy atom. The van der Waals surface area contributed by atoms with Gasteiger partial charge in [-0.15, -0.1) is 0 Å². The van der Waals surface area contributed by atoms with Crippen LogP contribution in [0, 0.1) is 5.92 Å². The van der Waals surface area contributed by atoms with E-state index in [1.165, 1.54) is 18.5 Å². The molecule has 0 aromatic rings. The summed E-state index contributed by atoms with van der Waals surface area (Å²) in [5.41, 5.74) is 1.37. The van der Waals surface area contributed by atoms with Crippen LogP contribution in [0.5, 0.6) is 0 Å². The van der Waals surface area contributed by atoms with E-state index >= 15 is 0 Å². The van der Waals surface area contributed by atoms with E-state index in [-0.39, 0.29) is 0 Å². The fourth-order valence-electron chi connectivity index (χ4n) is 1.76. The van der Waals surface area contributed by atoms with Crippen LogP contribution in [0.25, 0.3) is 0 Å². The first-order chi connectivity index (χ1) is 7.24. The van der Waals surface area contributed by atoms with E-state index in [1.807, 2.05) is 0 Å². The van der Waals surface area contributed by atoms with Crippen LogP contribution in [0.3, 0.4) is 0 Å². The van der Waals surface area contributed by atoms with Gasteiger partial charge in [0.25, 0.3) is 0 Å². The van der Waals surface area contributed by atoms with E-state index < -0.39 is 0 Å². The van der Waals surface area contributed by atoms with Gasteiger partial charge in [-0.3, -0.25) is 0 Å².